The van der Waals surface area contributed by atoms with Crippen molar-refractivity contribution in [3.8, 4) is 5.75 Å². The average molecular weight is 424 g/mol. The van der Waals surface area contributed by atoms with Gasteiger partial charge in [0.05, 0.1) is 25.9 Å². The Kier molecular flexibility index (Phi) is 7.84. The first-order valence-electron chi connectivity index (χ1n) is 10.5. The molecule has 1 aliphatic heterocycles. The maximum absolute atomic E-state index is 12.9. The minimum absolute atomic E-state index is 0.307. The van der Waals surface area contributed by atoms with E-state index < -0.39 is 18.2 Å². The lowest BCUT2D eigenvalue weighted by atomic mass is 9.90. The Morgan fingerprint density at radius 3 is 2.45 bits per heavy atom. The summed E-state index contributed by atoms with van der Waals surface area (Å²) >= 11 is 0. The zero-order valence-corrected chi connectivity index (χ0v) is 18.1. The number of esters is 2. The zero-order valence-electron chi connectivity index (χ0n) is 18.1. The van der Waals surface area contributed by atoms with Gasteiger partial charge in [-0.2, -0.15) is 0 Å². The Bertz CT molecular complexity index is 931. The van der Waals surface area contributed by atoms with Crippen LogP contribution in [0.25, 0.3) is 11.6 Å². The van der Waals surface area contributed by atoms with Crippen molar-refractivity contribution >= 4 is 23.6 Å². The smallest absolute Gasteiger partial charge is 0.338 e. The van der Waals surface area contributed by atoms with E-state index in [0.717, 1.165) is 24.0 Å². The van der Waals surface area contributed by atoms with Crippen molar-refractivity contribution in [1.29, 1.82) is 0 Å². The average Bonchev–Trinajstić information content (AvgIpc) is 2.96. The second kappa shape index (κ2) is 10.8. The van der Waals surface area contributed by atoms with Crippen LogP contribution < -0.4 is 4.74 Å². The number of benzene rings is 2. The van der Waals surface area contributed by atoms with E-state index in [2.05, 4.69) is 6.92 Å². The molecule has 0 fully saturated rings. The summed E-state index contributed by atoms with van der Waals surface area (Å²) in [7, 11) is 1.35. The molecular formula is C25H28O6. The molecule has 6 nitrogen and oxygen atoms in total. The predicted octanol–water partition coefficient (Wildman–Crippen LogP) is 4.73. The van der Waals surface area contributed by atoms with Gasteiger partial charge in [-0.05, 0) is 48.8 Å². The number of methoxy groups -OCH3 is 1. The van der Waals surface area contributed by atoms with Crippen LogP contribution in [0.5, 0.6) is 5.75 Å². The molecule has 0 saturated heterocycles. The number of hydrogen-bond acceptors (Lipinski definition) is 6. The number of ether oxygens (including phenoxy) is 4. The molecule has 0 aliphatic carbocycles. The van der Waals surface area contributed by atoms with Crippen LogP contribution in [0.4, 0.5) is 0 Å². The molecule has 1 heterocycles. The summed E-state index contributed by atoms with van der Waals surface area (Å²) in [5.74, 6) is -0.989. The first-order chi connectivity index (χ1) is 15.1. The Morgan fingerprint density at radius 2 is 1.77 bits per heavy atom. The van der Waals surface area contributed by atoms with Crippen molar-refractivity contribution in [3.63, 3.8) is 0 Å². The standard InChI is InChI=1S/C25H28O6/c1-4-6-15-30-25-22(24(27)28-3)20(16-19-9-7-8-10-21(19)31-25)17-11-13-18(14-12-17)23(26)29-5-2/h7-14,16,22,25H,4-6,15H2,1-3H3/t22-,25+/m1/s1. The molecule has 0 N–H and O–H groups in total. The molecule has 0 aromatic heterocycles. The Balaban J connectivity index is 2.05. The predicted molar refractivity (Wildman–Crippen MR) is 117 cm³/mol. The summed E-state index contributed by atoms with van der Waals surface area (Å²) in [5.41, 5.74) is 2.76. The van der Waals surface area contributed by atoms with E-state index in [1.165, 1.54) is 7.11 Å². The van der Waals surface area contributed by atoms with Crippen LogP contribution in [0.2, 0.25) is 0 Å². The van der Waals surface area contributed by atoms with Crippen LogP contribution in [0.3, 0.4) is 0 Å². The van der Waals surface area contributed by atoms with Gasteiger partial charge in [-0.25, -0.2) is 4.79 Å². The topological polar surface area (TPSA) is 71.1 Å². The molecule has 6 heteroatoms. The SMILES string of the molecule is CCCCO[C@H]1Oc2ccccc2C=C(c2ccc(C(=O)OCC)cc2)[C@@H]1C(=O)OC. The fourth-order valence-electron chi connectivity index (χ4n) is 3.42. The summed E-state index contributed by atoms with van der Waals surface area (Å²) in [6.07, 6.45) is 2.89. The molecule has 2 aromatic carbocycles. The van der Waals surface area contributed by atoms with Gasteiger partial charge in [0.25, 0.3) is 0 Å². The van der Waals surface area contributed by atoms with Gasteiger partial charge in [0.15, 0.2) is 0 Å². The molecule has 2 aromatic rings. The van der Waals surface area contributed by atoms with Crippen LogP contribution in [0.1, 0.15) is 48.2 Å². The number of fused-ring (bicyclic) bond motifs is 1. The molecule has 1 aliphatic rings. The van der Waals surface area contributed by atoms with Crippen LogP contribution in [-0.4, -0.2) is 38.6 Å². The molecule has 31 heavy (non-hydrogen) atoms. The fourth-order valence-corrected chi connectivity index (χ4v) is 3.42. The van der Waals surface area contributed by atoms with Crippen molar-refractivity contribution in [2.24, 2.45) is 5.92 Å². The van der Waals surface area contributed by atoms with Crippen molar-refractivity contribution in [2.45, 2.75) is 33.0 Å². The summed E-state index contributed by atoms with van der Waals surface area (Å²) in [4.78, 5) is 24.9. The molecule has 3 rings (SSSR count). The maximum atomic E-state index is 12.9. The van der Waals surface area contributed by atoms with Gasteiger partial charge in [-0.3, -0.25) is 4.79 Å². The van der Waals surface area contributed by atoms with Crippen LogP contribution in [0.15, 0.2) is 48.5 Å². The molecule has 0 spiro atoms. The second-order valence-corrected chi connectivity index (χ2v) is 7.15. The van der Waals surface area contributed by atoms with Crippen molar-refractivity contribution in [1.82, 2.24) is 0 Å². The molecule has 0 bridgehead atoms. The summed E-state index contributed by atoms with van der Waals surface area (Å²) in [5, 5.41) is 0. The number of unbranched alkanes of at least 4 members (excludes halogenated alkanes) is 1. The van der Waals surface area contributed by atoms with Gasteiger partial charge in [0.1, 0.15) is 11.7 Å². The molecule has 0 saturated carbocycles. The highest BCUT2D eigenvalue weighted by atomic mass is 16.7. The van der Waals surface area contributed by atoms with E-state index in [0.29, 0.717) is 30.1 Å². The van der Waals surface area contributed by atoms with Gasteiger partial charge in [-0.1, -0.05) is 43.7 Å². The van der Waals surface area contributed by atoms with E-state index in [1.54, 1.807) is 31.2 Å². The quantitative estimate of drug-likeness (QED) is 0.451. The fraction of sp³-hybridized carbons (Fsp3) is 0.360. The largest absolute Gasteiger partial charge is 0.468 e. The van der Waals surface area contributed by atoms with Gasteiger partial charge >= 0.3 is 11.9 Å². The van der Waals surface area contributed by atoms with E-state index in [4.69, 9.17) is 18.9 Å². The highest BCUT2D eigenvalue weighted by molar-refractivity contribution is 5.97. The Morgan fingerprint density at radius 1 is 1.03 bits per heavy atom. The highest BCUT2D eigenvalue weighted by Crippen LogP contribution is 2.38. The minimum atomic E-state index is -0.835. The highest BCUT2D eigenvalue weighted by Gasteiger charge is 2.38. The van der Waals surface area contributed by atoms with E-state index in [-0.39, 0.29) is 5.97 Å². The number of hydrogen-bond donors (Lipinski definition) is 0. The number of carbonyl (C=O) groups excluding carboxylic acids is 2. The number of rotatable bonds is 8. The summed E-state index contributed by atoms with van der Waals surface area (Å²) in [6, 6.07) is 14.5. The van der Waals surface area contributed by atoms with Crippen LogP contribution >= 0.6 is 0 Å². The van der Waals surface area contributed by atoms with Crippen LogP contribution in [-0.2, 0) is 19.0 Å². The molecule has 164 valence electrons. The second-order valence-electron chi connectivity index (χ2n) is 7.15. The lowest BCUT2D eigenvalue weighted by Crippen LogP contribution is -2.36. The minimum Gasteiger partial charge on any atom is -0.468 e. The maximum Gasteiger partial charge on any atom is 0.338 e. The first kappa shape index (κ1) is 22.6. The lowest BCUT2D eigenvalue weighted by molar-refractivity contribution is -0.160. The third kappa shape index (κ3) is 5.33. The van der Waals surface area contributed by atoms with Crippen molar-refractivity contribution < 1.29 is 28.5 Å². The summed E-state index contributed by atoms with van der Waals surface area (Å²) in [6.45, 7) is 4.60. The molecule has 0 amide bonds. The molecule has 2 atom stereocenters. The van der Waals surface area contributed by atoms with E-state index in [1.807, 2.05) is 30.3 Å². The van der Waals surface area contributed by atoms with Gasteiger partial charge < -0.3 is 18.9 Å². The van der Waals surface area contributed by atoms with E-state index >= 15 is 0 Å². The zero-order chi connectivity index (χ0) is 22.2. The van der Waals surface area contributed by atoms with Crippen LogP contribution in [0, 0.1) is 5.92 Å². The van der Waals surface area contributed by atoms with Crippen molar-refractivity contribution in [2.75, 3.05) is 20.3 Å². The number of carbonyl (C=O) groups is 2. The van der Waals surface area contributed by atoms with Gasteiger partial charge in [0, 0.05) is 5.56 Å². The van der Waals surface area contributed by atoms with E-state index in [9.17, 15) is 9.59 Å². The third-order valence-electron chi connectivity index (χ3n) is 5.04. The molecular weight excluding hydrogens is 396 g/mol. The first-order valence-corrected chi connectivity index (χ1v) is 10.5. The monoisotopic (exact) mass is 424 g/mol. The Hall–Kier alpha value is -3.12. The molecule has 0 radical (unpaired) electrons. The number of para-hydroxylation sites is 1. The van der Waals surface area contributed by atoms with Crippen molar-refractivity contribution in [3.05, 3.63) is 65.2 Å². The molecule has 0 unspecified atom stereocenters. The normalized spacial score (nSPS) is 17.6. The summed E-state index contributed by atoms with van der Waals surface area (Å²) < 4.78 is 22.3. The Labute approximate surface area is 182 Å². The third-order valence-corrected chi connectivity index (χ3v) is 5.04. The van der Waals surface area contributed by atoms with Gasteiger partial charge in [-0.15, -0.1) is 0 Å². The van der Waals surface area contributed by atoms with Gasteiger partial charge in [0.2, 0.25) is 6.29 Å². The lowest BCUT2D eigenvalue weighted by Gasteiger charge is -2.26.